The Labute approximate surface area is 209 Å². The van der Waals surface area contributed by atoms with Crippen LogP contribution in [-0.2, 0) is 15.8 Å². The number of nitrogens with one attached hydrogen (secondary N) is 1. The Balaban J connectivity index is 1.70. The zero-order valence-electron chi connectivity index (χ0n) is 20.5. The topological polar surface area (TPSA) is 74.7 Å². The quantitative estimate of drug-likeness (QED) is 0.472. The normalized spacial score (nSPS) is 18.8. The maximum Gasteiger partial charge on any atom is 0.416 e. The number of carbonyl (C=O) groups is 2. The number of rotatable bonds is 9. The molecule has 2 aliphatic rings. The standard InChI is InChI=1S/C27H31F3N4O2/c1-3-4-5-8-18(15-17-11-12-17)25(35)33-24-26(36)34(2)22-10-7-6-9-20(22)23(32-24)21-16-19(13-14-31-21)27(28,29)30/h6-7,9-10,13-14,16-18,24H,3-5,8,11-12,15H2,1-2H3,(H,33,35)/t18-,24?/m0/s1. The number of benzodiazepines with no additional fused rings is 1. The van der Waals surface area contributed by atoms with Crippen LogP contribution < -0.4 is 10.2 Å². The summed E-state index contributed by atoms with van der Waals surface area (Å²) in [4.78, 5) is 36.7. The zero-order valence-corrected chi connectivity index (χ0v) is 20.5. The number of likely N-dealkylation sites (N-methyl/N-ethyl adjacent to an activating group) is 1. The van der Waals surface area contributed by atoms with Crippen molar-refractivity contribution in [1.29, 1.82) is 0 Å². The van der Waals surface area contributed by atoms with Gasteiger partial charge >= 0.3 is 6.18 Å². The molecule has 1 aromatic heterocycles. The first kappa shape index (κ1) is 25.9. The second-order valence-corrected chi connectivity index (χ2v) is 9.60. The Morgan fingerprint density at radius 1 is 1.19 bits per heavy atom. The lowest BCUT2D eigenvalue weighted by Gasteiger charge is -2.23. The third-order valence-electron chi connectivity index (χ3n) is 6.79. The molecule has 0 spiro atoms. The van der Waals surface area contributed by atoms with Crippen molar-refractivity contribution in [3.63, 3.8) is 0 Å². The minimum absolute atomic E-state index is 0.0166. The van der Waals surface area contributed by atoms with Crippen molar-refractivity contribution < 1.29 is 22.8 Å². The van der Waals surface area contributed by atoms with Crippen LogP contribution in [0.25, 0.3) is 0 Å². The van der Waals surface area contributed by atoms with Gasteiger partial charge < -0.3 is 10.2 Å². The Morgan fingerprint density at radius 2 is 1.94 bits per heavy atom. The number of anilines is 1. The number of nitrogens with zero attached hydrogens (tertiary/aromatic N) is 3. The van der Waals surface area contributed by atoms with E-state index in [1.165, 1.54) is 4.90 Å². The van der Waals surface area contributed by atoms with Crippen molar-refractivity contribution in [2.45, 2.75) is 64.2 Å². The van der Waals surface area contributed by atoms with Gasteiger partial charge in [0.2, 0.25) is 12.1 Å². The van der Waals surface area contributed by atoms with Crippen LogP contribution in [0.2, 0.25) is 0 Å². The first-order chi connectivity index (χ1) is 17.2. The molecule has 1 saturated carbocycles. The van der Waals surface area contributed by atoms with Crippen molar-refractivity contribution >= 4 is 23.2 Å². The average molecular weight is 501 g/mol. The number of benzene rings is 1. The van der Waals surface area contributed by atoms with Gasteiger partial charge in [-0.15, -0.1) is 0 Å². The molecule has 0 bridgehead atoms. The van der Waals surface area contributed by atoms with Gasteiger partial charge in [0.15, 0.2) is 0 Å². The van der Waals surface area contributed by atoms with Gasteiger partial charge in [-0.3, -0.25) is 14.6 Å². The van der Waals surface area contributed by atoms with Crippen LogP contribution in [0, 0.1) is 11.8 Å². The van der Waals surface area contributed by atoms with E-state index in [2.05, 4.69) is 22.2 Å². The van der Waals surface area contributed by atoms with Gasteiger partial charge in [-0.05, 0) is 37.0 Å². The fraction of sp³-hybridized carbons (Fsp3) is 0.481. The number of aromatic nitrogens is 1. The fourth-order valence-electron chi connectivity index (χ4n) is 4.56. The lowest BCUT2D eigenvalue weighted by atomic mass is 9.94. The highest BCUT2D eigenvalue weighted by Crippen LogP contribution is 2.37. The molecule has 1 unspecified atom stereocenters. The SMILES string of the molecule is CCCCC[C@@H](CC1CC1)C(=O)NC1N=C(c2cc(C(F)(F)F)ccn2)c2ccccc2N(C)C1=O. The van der Waals surface area contributed by atoms with Crippen LogP contribution in [0.4, 0.5) is 18.9 Å². The van der Waals surface area contributed by atoms with E-state index in [1.807, 2.05) is 0 Å². The maximum absolute atomic E-state index is 13.4. The number of carbonyl (C=O) groups excluding carboxylic acids is 2. The summed E-state index contributed by atoms with van der Waals surface area (Å²) >= 11 is 0. The van der Waals surface area contributed by atoms with Gasteiger partial charge in [-0.1, -0.05) is 57.2 Å². The van der Waals surface area contributed by atoms with Crippen LogP contribution >= 0.6 is 0 Å². The highest BCUT2D eigenvalue weighted by Gasteiger charge is 2.36. The Hall–Kier alpha value is -3.23. The minimum Gasteiger partial charge on any atom is -0.326 e. The Bertz CT molecular complexity index is 1140. The molecule has 1 fully saturated rings. The number of halogens is 3. The lowest BCUT2D eigenvalue weighted by molar-refractivity contribution is -0.137. The van der Waals surface area contributed by atoms with Crippen molar-refractivity contribution in [2.75, 3.05) is 11.9 Å². The van der Waals surface area contributed by atoms with E-state index in [-0.39, 0.29) is 23.2 Å². The highest BCUT2D eigenvalue weighted by atomic mass is 19.4. The summed E-state index contributed by atoms with van der Waals surface area (Å²) in [6.07, 6.45) is 1.98. The van der Waals surface area contributed by atoms with Gasteiger partial charge in [-0.2, -0.15) is 13.2 Å². The molecule has 1 aliphatic carbocycles. The van der Waals surface area contributed by atoms with Crippen molar-refractivity contribution in [3.05, 3.63) is 59.4 Å². The number of amides is 2. The van der Waals surface area contributed by atoms with Gasteiger partial charge in [0.05, 0.1) is 22.7 Å². The summed E-state index contributed by atoms with van der Waals surface area (Å²) in [6.45, 7) is 2.10. The molecular formula is C27H31F3N4O2. The number of hydrogen-bond acceptors (Lipinski definition) is 4. The minimum atomic E-state index is -4.56. The second kappa shape index (κ2) is 10.8. The summed E-state index contributed by atoms with van der Waals surface area (Å²) in [7, 11) is 1.57. The number of pyridine rings is 1. The first-order valence-corrected chi connectivity index (χ1v) is 12.5. The Morgan fingerprint density at radius 3 is 2.64 bits per heavy atom. The molecule has 192 valence electrons. The summed E-state index contributed by atoms with van der Waals surface area (Å²) in [5.74, 6) is -0.391. The molecule has 1 aliphatic heterocycles. The van der Waals surface area contributed by atoms with Crippen molar-refractivity contribution in [1.82, 2.24) is 10.3 Å². The van der Waals surface area contributed by atoms with E-state index in [0.717, 1.165) is 63.3 Å². The third kappa shape index (κ3) is 5.94. The third-order valence-corrected chi connectivity index (χ3v) is 6.79. The molecule has 2 aromatic rings. The summed E-state index contributed by atoms with van der Waals surface area (Å²) in [6, 6.07) is 8.65. The molecule has 0 saturated heterocycles. The molecule has 2 heterocycles. The predicted molar refractivity (Wildman–Crippen MR) is 132 cm³/mol. The zero-order chi connectivity index (χ0) is 25.9. The maximum atomic E-state index is 13.4. The average Bonchev–Trinajstić information content (AvgIpc) is 3.69. The molecule has 1 aromatic carbocycles. The summed E-state index contributed by atoms with van der Waals surface area (Å²) in [5.41, 5.74) is 0.197. The predicted octanol–water partition coefficient (Wildman–Crippen LogP) is 5.35. The van der Waals surface area contributed by atoms with Gasteiger partial charge in [0.25, 0.3) is 5.91 Å². The van der Waals surface area contributed by atoms with E-state index in [0.29, 0.717) is 17.2 Å². The number of aliphatic imine (C=N–C) groups is 1. The van der Waals surface area contributed by atoms with Crippen LogP contribution in [0.5, 0.6) is 0 Å². The van der Waals surface area contributed by atoms with E-state index in [4.69, 9.17) is 0 Å². The lowest BCUT2D eigenvalue weighted by Crippen LogP contribution is -2.48. The molecule has 9 heteroatoms. The highest BCUT2D eigenvalue weighted by molar-refractivity contribution is 6.19. The number of fused-ring (bicyclic) bond motifs is 1. The molecule has 6 nitrogen and oxygen atoms in total. The molecule has 2 amide bonds. The van der Waals surface area contributed by atoms with Crippen LogP contribution in [0.15, 0.2) is 47.6 Å². The monoisotopic (exact) mass is 500 g/mol. The molecule has 4 rings (SSSR count). The number of alkyl halides is 3. The molecule has 36 heavy (non-hydrogen) atoms. The Kier molecular flexibility index (Phi) is 7.76. The van der Waals surface area contributed by atoms with E-state index in [1.54, 1.807) is 31.3 Å². The van der Waals surface area contributed by atoms with Crippen LogP contribution in [-0.4, -0.2) is 35.7 Å². The molecule has 0 radical (unpaired) electrons. The molecular weight excluding hydrogens is 469 g/mol. The largest absolute Gasteiger partial charge is 0.416 e. The van der Waals surface area contributed by atoms with E-state index in [9.17, 15) is 22.8 Å². The van der Waals surface area contributed by atoms with E-state index < -0.39 is 23.8 Å². The van der Waals surface area contributed by atoms with Gasteiger partial charge in [0.1, 0.15) is 0 Å². The summed E-state index contributed by atoms with van der Waals surface area (Å²) in [5, 5.41) is 2.81. The van der Waals surface area contributed by atoms with E-state index >= 15 is 0 Å². The molecule has 2 atom stereocenters. The van der Waals surface area contributed by atoms with Crippen LogP contribution in [0.3, 0.4) is 0 Å². The van der Waals surface area contributed by atoms with Gasteiger partial charge in [-0.25, -0.2) is 4.99 Å². The van der Waals surface area contributed by atoms with Crippen molar-refractivity contribution in [2.24, 2.45) is 16.8 Å². The number of hydrogen-bond donors (Lipinski definition) is 1. The smallest absolute Gasteiger partial charge is 0.326 e. The number of para-hydroxylation sites is 1. The van der Waals surface area contributed by atoms with Crippen LogP contribution in [0.1, 0.15) is 68.7 Å². The summed E-state index contributed by atoms with van der Waals surface area (Å²) < 4.78 is 40.3. The van der Waals surface area contributed by atoms with Gasteiger partial charge in [0, 0.05) is 24.7 Å². The van der Waals surface area contributed by atoms with Crippen molar-refractivity contribution in [3.8, 4) is 0 Å². The first-order valence-electron chi connectivity index (χ1n) is 12.5. The fourth-order valence-corrected chi connectivity index (χ4v) is 4.56. The second-order valence-electron chi connectivity index (χ2n) is 9.60. The molecule has 1 N–H and O–H groups in total. The number of unbranched alkanes of at least 4 members (excludes halogenated alkanes) is 2.